The van der Waals surface area contributed by atoms with Crippen LogP contribution in [0.4, 0.5) is 0 Å². The number of likely N-dealkylation sites (N-methyl/N-ethyl adjacent to an activating group) is 1. The zero-order chi connectivity index (χ0) is 11.3. The minimum Gasteiger partial charge on any atom is -0.480 e. The monoisotopic (exact) mass is 213 g/mol. The Hall–Kier alpha value is -0.570. The number of carboxylic acids is 1. The zero-order valence-electron chi connectivity index (χ0n) is 9.91. The van der Waals surface area contributed by atoms with Gasteiger partial charge in [0.25, 0.3) is 0 Å². The Morgan fingerprint density at radius 2 is 2.07 bits per heavy atom. The molecule has 0 aliphatic heterocycles. The van der Waals surface area contributed by atoms with E-state index >= 15 is 0 Å². The van der Waals surface area contributed by atoms with Gasteiger partial charge in [-0.2, -0.15) is 0 Å². The largest absolute Gasteiger partial charge is 0.480 e. The van der Waals surface area contributed by atoms with E-state index in [2.05, 4.69) is 6.92 Å². The van der Waals surface area contributed by atoms with E-state index in [9.17, 15) is 4.79 Å². The number of rotatable bonds is 4. The number of hydrogen-bond donors (Lipinski definition) is 1. The average Bonchev–Trinajstić information content (AvgIpc) is 2.41. The first-order valence-electron chi connectivity index (χ1n) is 6.05. The summed E-state index contributed by atoms with van der Waals surface area (Å²) in [7, 11) is 1.94. The normalized spacial score (nSPS) is 27.7. The SMILES string of the molecule is CCC1CCCC(N(C)CC(=O)O)CC1. The maximum Gasteiger partial charge on any atom is 0.317 e. The van der Waals surface area contributed by atoms with Crippen LogP contribution in [0, 0.1) is 5.92 Å². The molecule has 0 heterocycles. The third-order valence-electron chi connectivity index (χ3n) is 3.64. The van der Waals surface area contributed by atoms with Gasteiger partial charge in [-0.05, 0) is 32.2 Å². The van der Waals surface area contributed by atoms with Crippen LogP contribution in [0.3, 0.4) is 0 Å². The van der Waals surface area contributed by atoms with E-state index in [0.29, 0.717) is 6.04 Å². The Balaban J connectivity index is 2.39. The maximum absolute atomic E-state index is 10.6. The van der Waals surface area contributed by atoms with Crippen LogP contribution in [-0.2, 0) is 4.79 Å². The summed E-state index contributed by atoms with van der Waals surface area (Å²) in [5, 5.41) is 8.74. The molecule has 88 valence electrons. The number of aliphatic carboxylic acids is 1. The Bertz CT molecular complexity index is 206. The molecule has 3 heteroatoms. The summed E-state index contributed by atoms with van der Waals surface area (Å²) >= 11 is 0. The van der Waals surface area contributed by atoms with Crippen molar-refractivity contribution in [1.82, 2.24) is 4.90 Å². The van der Waals surface area contributed by atoms with Crippen molar-refractivity contribution in [1.29, 1.82) is 0 Å². The molecule has 0 saturated heterocycles. The molecule has 0 radical (unpaired) electrons. The summed E-state index contributed by atoms with van der Waals surface area (Å²) in [6.45, 7) is 2.44. The summed E-state index contributed by atoms with van der Waals surface area (Å²) in [6.07, 6.45) is 7.46. The molecule has 0 aromatic carbocycles. The van der Waals surface area contributed by atoms with Gasteiger partial charge in [0.05, 0.1) is 6.54 Å². The van der Waals surface area contributed by atoms with Gasteiger partial charge < -0.3 is 5.11 Å². The fourth-order valence-corrected chi connectivity index (χ4v) is 2.55. The van der Waals surface area contributed by atoms with E-state index in [1.165, 1.54) is 38.5 Å². The lowest BCUT2D eigenvalue weighted by molar-refractivity contribution is -0.138. The molecule has 0 amide bonds. The lowest BCUT2D eigenvalue weighted by atomic mass is 9.97. The van der Waals surface area contributed by atoms with Gasteiger partial charge in [0, 0.05) is 6.04 Å². The van der Waals surface area contributed by atoms with Crippen LogP contribution in [0.25, 0.3) is 0 Å². The molecule has 1 aliphatic carbocycles. The Morgan fingerprint density at radius 1 is 1.33 bits per heavy atom. The Morgan fingerprint density at radius 3 is 2.67 bits per heavy atom. The van der Waals surface area contributed by atoms with Crippen LogP contribution in [0.2, 0.25) is 0 Å². The summed E-state index contributed by atoms with van der Waals surface area (Å²) < 4.78 is 0. The van der Waals surface area contributed by atoms with Crippen LogP contribution in [0.5, 0.6) is 0 Å². The van der Waals surface area contributed by atoms with Crippen molar-refractivity contribution < 1.29 is 9.90 Å². The molecule has 1 rings (SSSR count). The molecular formula is C12H23NO2. The van der Waals surface area contributed by atoms with Gasteiger partial charge in [-0.3, -0.25) is 9.69 Å². The first-order valence-corrected chi connectivity index (χ1v) is 6.05. The van der Waals surface area contributed by atoms with Gasteiger partial charge in [-0.15, -0.1) is 0 Å². The predicted molar refractivity (Wildman–Crippen MR) is 60.9 cm³/mol. The van der Waals surface area contributed by atoms with Crippen molar-refractivity contribution in [3.05, 3.63) is 0 Å². The van der Waals surface area contributed by atoms with E-state index in [1.54, 1.807) is 0 Å². The third kappa shape index (κ3) is 4.20. The molecule has 0 bridgehead atoms. The highest BCUT2D eigenvalue weighted by atomic mass is 16.4. The molecule has 2 unspecified atom stereocenters. The zero-order valence-corrected chi connectivity index (χ0v) is 9.91. The van der Waals surface area contributed by atoms with Crippen LogP contribution in [0.1, 0.15) is 45.4 Å². The first-order chi connectivity index (χ1) is 7.13. The van der Waals surface area contributed by atoms with Gasteiger partial charge >= 0.3 is 5.97 Å². The second-order valence-electron chi connectivity index (χ2n) is 4.75. The molecule has 0 aromatic rings. The number of hydrogen-bond acceptors (Lipinski definition) is 2. The van der Waals surface area contributed by atoms with Gasteiger partial charge in [-0.1, -0.05) is 26.2 Å². The van der Waals surface area contributed by atoms with E-state index < -0.39 is 5.97 Å². The van der Waals surface area contributed by atoms with Gasteiger partial charge in [-0.25, -0.2) is 0 Å². The molecule has 0 spiro atoms. The third-order valence-corrected chi connectivity index (χ3v) is 3.64. The first kappa shape index (κ1) is 12.5. The standard InChI is InChI=1S/C12H23NO2/c1-3-10-5-4-6-11(8-7-10)13(2)9-12(14)15/h10-11H,3-9H2,1-2H3,(H,14,15). The van der Waals surface area contributed by atoms with Gasteiger partial charge in [0.1, 0.15) is 0 Å². The number of carboxylic acid groups (broad SMARTS) is 1. The second kappa shape index (κ2) is 6.11. The number of carbonyl (C=O) groups is 1. The molecule has 2 atom stereocenters. The summed E-state index contributed by atoms with van der Waals surface area (Å²) in [5.41, 5.74) is 0. The fraction of sp³-hybridized carbons (Fsp3) is 0.917. The Labute approximate surface area is 92.5 Å². The van der Waals surface area contributed by atoms with Crippen molar-refractivity contribution in [2.45, 2.75) is 51.5 Å². The predicted octanol–water partition coefficient (Wildman–Crippen LogP) is 2.36. The summed E-state index contributed by atoms with van der Waals surface area (Å²) in [6, 6.07) is 0.484. The average molecular weight is 213 g/mol. The van der Waals surface area contributed by atoms with Crippen molar-refractivity contribution in [3.63, 3.8) is 0 Å². The molecule has 1 aliphatic rings. The highest BCUT2D eigenvalue weighted by molar-refractivity contribution is 5.69. The van der Waals surface area contributed by atoms with Gasteiger partial charge in [0.2, 0.25) is 0 Å². The fourth-order valence-electron chi connectivity index (χ4n) is 2.55. The van der Waals surface area contributed by atoms with E-state index in [1.807, 2.05) is 11.9 Å². The highest BCUT2D eigenvalue weighted by Crippen LogP contribution is 2.27. The van der Waals surface area contributed by atoms with E-state index in [0.717, 1.165) is 5.92 Å². The smallest absolute Gasteiger partial charge is 0.317 e. The van der Waals surface area contributed by atoms with Crippen molar-refractivity contribution in [2.75, 3.05) is 13.6 Å². The highest BCUT2D eigenvalue weighted by Gasteiger charge is 2.21. The second-order valence-corrected chi connectivity index (χ2v) is 4.75. The minimum absolute atomic E-state index is 0.182. The lowest BCUT2D eigenvalue weighted by Crippen LogP contribution is -2.35. The summed E-state index contributed by atoms with van der Waals surface area (Å²) in [5.74, 6) is 0.155. The van der Waals surface area contributed by atoms with Crippen LogP contribution in [-0.4, -0.2) is 35.6 Å². The quantitative estimate of drug-likeness (QED) is 0.729. The van der Waals surface area contributed by atoms with Gasteiger partial charge in [0.15, 0.2) is 0 Å². The van der Waals surface area contributed by atoms with E-state index in [-0.39, 0.29) is 6.54 Å². The maximum atomic E-state index is 10.6. The lowest BCUT2D eigenvalue weighted by Gasteiger charge is -2.25. The number of nitrogens with zero attached hydrogens (tertiary/aromatic N) is 1. The van der Waals surface area contributed by atoms with Crippen molar-refractivity contribution >= 4 is 5.97 Å². The minimum atomic E-state index is -0.714. The van der Waals surface area contributed by atoms with Crippen LogP contribution < -0.4 is 0 Å². The molecule has 15 heavy (non-hydrogen) atoms. The topological polar surface area (TPSA) is 40.5 Å². The molecule has 1 fully saturated rings. The molecule has 1 N–H and O–H groups in total. The van der Waals surface area contributed by atoms with Crippen LogP contribution >= 0.6 is 0 Å². The van der Waals surface area contributed by atoms with Crippen molar-refractivity contribution in [3.8, 4) is 0 Å². The van der Waals surface area contributed by atoms with Crippen molar-refractivity contribution in [2.24, 2.45) is 5.92 Å². The molecule has 0 aromatic heterocycles. The molecule has 1 saturated carbocycles. The van der Waals surface area contributed by atoms with Crippen LogP contribution in [0.15, 0.2) is 0 Å². The summed E-state index contributed by atoms with van der Waals surface area (Å²) in [4.78, 5) is 12.6. The molecular weight excluding hydrogens is 190 g/mol. The molecule has 3 nitrogen and oxygen atoms in total. The Kier molecular flexibility index (Phi) is 5.09. The van der Waals surface area contributed by atoms with E-state index in [4.69, 9.17) is 5.11 Å².